The van der Waals surface area contributed by atoms with E-state index in [1.165, 1.54) is 25.7 Å². The van der Waals surface area contributed by atoms with Gasteiger partial charge >= 0.3 is 0 Å². The Labute approximate surface area is 116 Å². The molecule has 1 aliphatic carbocycles. The van der Waals surface area contributed by atoms with Crippen LogP contribution in [0.4, 0.5) is 5.95 Å². The van der Waals surface area contributed by atoms with Crippen molar-refractivity contribution >= 4 is 21.9 Å². The lowest BCUT2D eigenvalue weighted by Gasteiger charge is -2.22. The van der Waals surface area contributed by atoms with Gasteiger partial charge in [0.15, 0.2) is 0 Å². The van der Waals surface area contributed by atoms with E-state index in [1.54, 1.807) is 13.3 Å². The Kier molecular flexibility index (Phi) is 3.41. The fraction of sp³-hybridized carbons (Fsp3) is 0.692. The zero-order chi connectivity index (χ0) is 12.5. The van der Waals surface area contributed by atoms with Crippen LogP contribution in [0.25, 0.3) is 0 Å². The minimum atomic E-state index is 0.620. The quantitative estimate of drug-likeness (QED) is 0.842. The monoisotopic (exact) mass is 311 g/mol. The van der Waals surface area contributed by atoms with Gasteiger partial charge in [-0.15, -0.1) is 0 Å². The Hall–Kier alpha value is -0.840. The molecule has 2 heterocycles. The number of nitrogens with zero attached hydrogens (tertiary/aromatic N) is 3. The molecule has 0 radical (unpaired) electrons. The largest absolute Gasteiger partial charge is 0.480 e. The molecule has 0 N–H and O–H groups in total. The number of anilines is 1. The molecular weight excluding hydrogens is 294 g/mol. The van der Waals surface area contributed by atoms with Gasteiger partial charge in [-0.25, -0.2) is 4.98 Å². The predicted octanol–water partition coefficient (Wildman–Crippen LogP) is 2.87. The highest BCUT2D eigenvalue weighted by atomic mass is 79.9. The summed E-state index contributed by atoms with van der Waals surface area (Å²) in [5.41, 5.74) is 0. The van der Waals surface area contributed by atoms with Crippen molar-refractivity contribution in [2.75, 3.05) is 25.1 Å². The predicted molar refractivity (Wildman–Crippen MR) is 73.9 cm³/mol. The van der Waals surface area contributed by atoms with Crippen LogP contribution in [-0.2, 0) is 0 Å². The zero-order valence-electron chi connectivity index (χ0n) is 10.6. The Morgan fingerprint density at radius 1 is 1.28 bits per heavy atom. The fourth-order valence-corrected chi connectivity index (χ4v) is 3.56. The molecule has 3 rings (SSSR count). The van der Waals surface area contributed by atoms with Crippen LogP contribution in [-0.4, -0.2) is 30.2 Å². The van der Waals surface area contributed by atoms with Gasteiger partial charge in [0.1, 0.15) is 0 Å². The summed E-state index contributed by atoms with van der Waals surface area (Å²) in [6.45, 7) is 2.21. The molecule has 98 valence electrons. The van der Waals surface area contributed by atoms with Gasteiger partial charge in [-0.1, -0.05) is 12.8 Å². The van der Waals surface area contributed by atoms with Crippen LogP contribution in [0.5, 0.6) is 5.88 Å². The summed E-state index contributed by atoms with van der Waals surface area (Å²) in [6, 6.07) is 0. The van der Waals surface area contributed by atoms with Gasteiger partial charge in [0.05, 0.1) is 17.8 Å². The number of rotatable bonds is 2. The van der Waals surface area contributed by atoms with Crippen molar-refractivity contribution in [2.45, 2.75) is 25.7 Å². The fourth-order valence-electron chi connectivity index (χ4n) is 3.21. The van der Waals surface area contributed by atoms with E-state index in [0.29, 0.717) is 5.88 Å². The van der Waals surface area contributed by atoms with Crippen molar-refractivity contribution in [1.82, 2.24) is 9.97 Å². The van der Waals surface area contributed by atoms with E-state index >= 15 is 0 Å². The van der Waals surface area contributed by atoms with Gasteiger partial charge in [-0.05, 0) is 40.6 Å². The molecule has 1 saturated heterocycles. The van der Waals surface area contributed by atoms with Gasteiger partial charge < -0.3 is 9.64 Å². The first-order valence-electron chi connectivity index (χ1n) is 6.59. The number of hydrogen-bond acceptors (Lipinski definition) is 4. The maximum atomic E-state index is 5.24. The van der Waals surface area contributed by atoms with Gasteiger partial charge in [0.25, 0.3) is 0 Å². The third kappa shape index (κ3) is 2.20. The van der Waals surface area contributed by atoms with E-state index in [4.69, 9.17) is 4.74 Å². The summed E-state index contributed by atoms with van der Waals surface area (Å²) in [4.78, 5) is 11.2. The second-order valence-electron chi connectivity index (χ2n) is 5.24. The molecule has 2 unspecified atom stereocenters. The maximum absolute atomic E-state index is 5.24. The molecule has 0 amide bonds. The van der Waals surface area contributed by atoms with Crippen LogP contribution in [0.3, 0.4) is 0 Å². The highest BCUT2D eigenvalue weighted by Crippen LogP contribution is 2.37. The third-order valence-corrected chi connectivity index (χ3v) is 4.70. The zero-order valence-corrected chi connectivity index (χ0v) is 12.2. The topological polar surface area (TPSA) is 38.2 Å². The van der Waals surface area contributed by atoms with E-state index in [1.807, 2.05) is 0 Å². The van der Waals surface area contributed by atoms with E-state index in [9.17, 15) is 0 Å². The molecule has 1 aliphatic heterocycles. The average Bonchev–Trinajstić information content (AvgIpc) is 2.83. The summed E-state index contributed by atoms with van der Waals surface area (Å²) in [7, 11) is 1.64. The van der Waals surface area contributed by atoms with Crippen molar-refractivity contribution in [3.8, 4) is 5.88 Å². The molecule has 1 aromatic rings. The van der Waals surface area contributed by atoms with Gasteiger partial charge in [-0.2, -0.15) is 4.98 Å². The van der Waals surface area contributed by atoms with Crippen LogP contribution in [0.15, 0.2) is 10.7 Å². The van der Waals surface area contributed by atoms with Crippen molar-refractivity contribution in [3.05, 3.63) is 10.7 Å². The first kappa shape index (κ1) is 12.2. The molecule has 18 heavy (non-hydrogen) atoms. The van der Waals surface area contributed by atoms with Crippen LogP contribution >= 0.6 is 15.9 Å². The maximum Gasteiger partial charge on any atom is 0.232 e. The van der Waals surface area contributed by atoms with Crippen molar-refractivity contribution < 1.29 is 4.74 Å². The van der Waals surface area contributed by atoms with Crippen LogP contribution in [0.2, 0.25) is 0 Å². The smallest absolute Gasteiger partial charge is 0.232 e. The van der Waals surface area contributed by atoms with Gasteiger partial charge in [-0.3, -0.25) is 0 Å². The standard InChI is InChI=1S/C13H18BrN3O/c1-18-12-11(14)6-15-13(16-12)17-7-9-4-2-3-5-10(9)8-17/h6,9-10H,2-5,7-8H2,1H3. The molecule has 2 fully saturated rings. The minimum absolute atomic E-state index is 0.620. The number of ether oxygens (including phenoxy) is 1. The van der Waals surface area contributed by atoms with Crippen molar-refractivity contribution in [3.63, 3.8) is 0 Å². The lowest BCUT2D eigenvalue weighted by Crippen LogP contribution is -2.22. The minimum Gasteiger partial charge on any atom is -0.480 e. The molecule has 4 nitrogen and oxygen atoms in total. The Bertz CT molecular complexity index is 426. The summed E-state index contributed by atoms with van der Waals surface area (Å²) in [5, 5.41) is 0. The number of hydrogen-bond donors (Lipinski definition) is 0. The molecule has 1 aromatic heterocycles. The summed E-state index contributed by atoms with van der Waals surface area (Å²) in [5.74, 6) is 3.12. The number of halogens is 1. The van der Waals surface area contributed by atoms with Crippen LogP contribution in [0.1, 0.15) is 25.7 Å². The first-order chi connectivity index (χ1) is 8.78. The van der Waals surface area contributed by atoms with E-state index in [2.05, 4.69) is 30.8 Å². The lowest BCUT2D eigenvalue weighted by atomic mass is 9.82. The highest BCUT2D eigenvalue weighted by Gasteiger charge is 2.35. The SMILES string of the molecule is COc1nc(N2CC3CCCCC3C2)ncc1Br. The van der Waals surface area contributed by atoms with Crippen molar-refractivity contribution in [1.29, 1.82) is 0 Å². The molecule has 0 spiro atoms. The summed E-state index contributed by atoms with van der Waals surface area (Å²) >= 11 is 3.39. The molecule has 2 aliphatic rings. The molecule has 5 heteroatoms. The van der Waals surface area contributed by atoms with E-state index in [0.717, 1.165) is 35.3 Å². The average molecular weight is 312 g/mol. The number of aromatic nitrogens is 2. The number of methoxy groups -OCH3 is 1. The van der Waals surface area contributed by atoms with Crippen LogP contribution in [0, 0.1) is 11.8 Å². The van der Waals surface area contributed by atoms with Crippen LogP contribution < -0.4 is 9.64 Å². The van der Waals surface area contributed by atoms with Gasteiger partial charge in [0, 0.05) is 13.1 Å². The first-order valence-corrected chi connectivity index (χ1v) is 7.38. The Morgan fingerprint density at radius 3 is 2.56 bits per heavy atom. The molecule has 1 saturated carbocycles. The van der Waals surface area contributed by atoms with E-state index < -0.39 is 0 Å². The molecular formula is C13H18BrN3O. The Morgan fingerprint density at radius 2 is 1.94 bits per heavy atom. The third-order valence-electron chi connectivity index (χ3n) is 4.15. The molecule has 0 bridgehead atoms. The van der Waals surface area contributed by atoms with Crippen molar-refractivity contribution in [2.24, 2.45) is 11.8 Å². The number of fused-ring (bicyclic) bond motifs is 1. The summed E-state index contributed by atoms with van der Waals surface area (Å²) < 4.78 is 6.05. The highest BCUT2D eigenvalue weighted by molar-refractivity contribution is 9.10. The molecule has 0 aromatic carbocycles. The lowest BCUT2D eigenvalue weighted by molar-refractivity contribution is 0.299. The summed E-state index contributed by atoms with van der Waals surface area (Å²) in [6.07, 6.45) is 7.30. The Balaban J connectivity index is 1.79. The second-order valence-corrected chi connectivity index (χ2v) is 6.09. The second kappa shape index (κ2) is 5.03. The normalized spacial score (nSPS) is 27.1. The van der Waals surface area contributed by atoms with Gasteiger partial charge in [0.2, 0.25) is 11.8 Å². The van der Waals surface area contributed by atoms with E-state index in [-0.39, 0.29) is 0 Å². The molecule has 2 atom stereocenters.